The molecule has 0 bridgehead atoms. The van der Waals surface area contributed by atoms with Crippen molar-refractivity contribution < 1.29 is 14.3 Å². The molecule has 0 atom stereocenters. The van der Waals surface area contributed by atoms with E-state index in [4.69, 9.17) is 21.3 Å². The van der Waals surface area contributed by atoms with Crippen LogP contribution >= 0.6 is 11.6 Å². The largest absolute Gasteiger partial charge is 0.454 e. The van der Waals surface area contributed by atoms with Gasteiger partial charge in [0.15, 0.2) is 12.4 Å². The molecule has 5 nitrogen and oxygen atoms in total. The average Bonchev–Trinajstić information content (AvgIpc) is 2.86. The summed E-state index contributed by atoms with van der Waals surface area (Å²) in [5.74, 6) is -0.776. The Labute approximate surface area is 202 Å². The monoisotopic (exact) mass is 470 g/mol. The van der Waals surface area contributed by atoms with Crippen LogP contribution in [0.15, 0.2) is 78.9 Å². The Morgan fingerprint density at radius 2 is 1.68 bits per heavy atom. The Morgan fingerprint density at radius 3 is 2.47 bits per heavy atom. The second-order valence-corrected chi connectivity index (χ2v) is 8.82. The number of fused-ring (bicyclic) bond motifs is 2. The van der Waals surface area contributed by atoms with E-state index in [9.17, 15) is 9.59 Å². The van der Waals surface area contributed by atoms with Crippen LogP contribution in [0.2, 0.25) is 5.02 Å². The third-order valence-electron chi connectivity index (χ3n) is 6.08. The van der Waals surface area contributed by atoms with Crippen LogP contribution in [0, 0.1) is 0 Å². The van der Waals surface area contributed by atoms with Gasteiger partial charge in [-0.05, 0) is 35.9 Å². The predicted octanol–water partition coefficient (Wildman–Crippen LogP) is 5.49. The minimum absolute atomic E-state index is 0.275. The van der Waals surface area contributed by atoms with Gasteiger partial charge in [-0.3, -0.25) is 14.7 Å². The van der Waals surface area contributed by atoms with E-state index in [2.05, 4.69) is 17.0 Å². The first-order valence-electron chi connectivity index (χ1n) is 11.2. The fourth-order valence-corrected chi connectivity index (χ4v) is 4.50. The number of pyridine rings is 1. The van der Waals surface area contributed by atoms with Crippen molar-refractivity contribution in [3.05, 3.63) is 112 Å². The number of para-hydroxylation sites is 1. The van der Waals surface area contributed by atoms with Gasteiger partial charge in [0, 0.05) is 53.3 Å². The number of ketones is 1. The molecule has 0 spiro atoms. The van der Waals surface area contributed by atoms with Crippen LogP contribution in [-0.2, 0) is 24.2 Å². The first-order chi connectivity index (χ1) is 16.6. The lowest BCUT2D eigenvalue weighted by molar-refractivity contribution is 0.0473. The molecular formula is C28H23ClN2O3. The lowest BCUT2D eigenvalue weighted by Crippen LogP contribution is -2.32. The van der Waals surface area contributed by atoms with Gasteiger partial charge in [-0.2, -0.15) is 0 Å². The summed E-state index contributed by atoms with van der Waals surface area (Å²) >= 11 is 5.90. The molecule has 0 saturated heterocycles. The standard InChI is InChI=1S/C28H23ClN2O3/c29-21-12-10-20(11-13-21)26(32)18-34-28(33)27-22-8-4-5-9-24(22)30-25-14-15-31(17-23(25)27)16-19-6-2-1-3-7-19/h1-13H,14-18H2. The number of aromatic nitrogens is 1. The summed E-state index contributed by atoms with van der Waals surface area (Å²) in [7, 11) is 0. The lowest BCUT2D eigenvalue weighted by Gasteiger charge is -2.30. The van der Waals surface area contributed by atoms with Gasteiger partial charge in [-0.15, -0.1) is 0 Å². The Morgan fingerprint density at radius 1 is 0.941 bits per heavy atom. The summed E-state index contributed by atoms with van der Waals surface area (Å²) in [6.07, 6.45) is 0.747. The minimum atomic E-state index is -0.501. The number of hydrogen-bond donors (Lipinski definition) is 0. The molecule has 3 aromatic carbocycles. The number of carbonyl (C=O) groups excluding carboxylic acids is 2. The van der Waals surface area contributed by atoms with Gasteiger partial charge in [0.2, 0.25) is 0 Å². The first kappa shape index (κ1) is 22.3. The number of ether oxygens (including phenoxy) is 1. The van der Waals surface area contributed by atoms with E-state index in [1.807, 2.05) is 42.5 Å². The second-order valence-electron chi connectivity index (χ2n) is 8.38. The number of halogens is 1. The molecule has 2 heterocycles. The Bertz CT molecular complexity index is 1350. The van der Waals surface area contributed by atoms with Gasteiger partial charge in [-0.1, -0.05) is 60.1 Å². The van der Waals surface area contributed by atoms with E-state index in [0.29, 0.717) is 22.7 Å². The highest BCUT2D eigenvalue weighted by atomic mass is 35.5. The zero-order chi connectivity index (χ0) is 23.5. The SMILES string of the molecule is O=C(COC(=O)c1c2c(nc3ccccc13)CCN(Cc1ccccc1)C2)c1ccc(Cl)cc1. The minimum Gasteiger partial charge on any atom is -0.454 e. The summed E-state index contributed by atoms with van der Waals surface area (Å²) in [5, 5.41) is 1.29. The van der Waals surface area contributed by atoms with Crippen LogP contribution in [0.1, 0.15) is 37.5 Å². The molecule has 1 aromatic heterocycles. The van der Waals surface area contributed by atoms with E-state index < -0.39 is 5.97 Å². The molecule has 34 heavy (non-hydrogen) atoms. The third kappa shape index (κ3) is 4.72. The van der Waals surface area contributed by atoms with Crippen molar-refractivity contribution >= 4 is 34.3 Å². The fraction of sp³-hybridized carbons (Fsp3) is 0.179. The first-order valence-corrected chi connectivity index (χ1v) is 11.6. The molecule has 5 rings (SSSR count). The maximum Gasteiger partial charge on any atom is 0.339 e. The molecule has 4 aromatic rings. The van der Waals surface area contributed by atoms with Crippen LogP contribution in [0.3, 0.4) is 0 Å². The molecule has 1 aliphatic heterocycles. The van der Waals surface area contributed by atoms with Gasteiger partial charge in [0.1, 0.15) is 0 Å². The van der Waals surface area contributed by atoms with Crippen LogP contribution in [0.4, 0.5) is 0 Å². The van der Waals surface area contributed by atoms with Crippen molar-refractivity contribution in [2.75, 3.05) is 13.2 Å². The zero-order valence-corrected chi connectivity index (χ0v) is 19.3. The van der Waals surface area contributed by atoms with E-state index in [0.717, 1.165) is 41.7 Å². The molecule has 0 unspecified atom stereocenters. The fourth-order valence-electron chi connectivity index (χ4n) is 4.38. The normalized spacial score (nSPS) is 13.4. The molecule has 0 amide bonds. The predicted molar refractivity (Wildman–Crippen MR) is 132 cm³/mol. The highest BCUT2D eigenvalue weighted by molar-refractivity contribution is 6.30. The van der Waals surface area contributed by atoms with Gasteiger partial charge >= 0.3 is 5.97 Å². The molecule has 0 fully saturated rings. The molecule has 0 N–H and O–H groups in total. The topological polar surface area (TPSA) is 59.5 Å². The Hall–Kier alpha value is -3.54. The quantitative estimate of drug-likeness (QED) is 0.275. The van der Waals surface area contributed by atoms with Crippen LogP contribution in [0.25, 0.3) is 10.9 Å². The van der Waals surface area contributed by atoms with Crippen LogP contribution < -0.4 is 0 Å². The number of esters is 1. The highest BCUT2D eigenvalue weighted by Gasteiger charge is 2.27. The van der Waals surface area contributed by atoms with E-state index in [1.54, 1.807) is 24.3 Å². The highest BCUT2D eigenvalue weighted by Crippen LogP contribution is 2.29. The van der Waals surface area contributed by atoms with Crippen molar-refractivity contribution in [3.63, 3.8) is 0 Å². The smallest absolute Gasteiger partial charge is 0.339 e. The number of carbonyl (C=O) groups is 2. The van der Waals surface area contributed by atoms with Gasteiger partial charge in [0.05, 0.1) is 11.1 Å². The van der Waals surface area contributed by atoms with Crippen molar-refractivity contribution in [2.24, 2.45) is 0 Å². The van der Waals surface area contributed by atoms with Crippen molar-refractivity contribution in [1.29, 1.82) is 0 Å². The molecule has 0 radical (unpaired) electrons. The number of nitrogens with zero attached hydrogens (tertiary/aromatic N) is 2. The van der Waals surface area contributed by atoms with E-state index in [1.165, 1.54) is 5.56 Å². The van der Waals surface area contributed by atoms with Crippen LogP contribution in [-0.4, -0.2) is 34.8 Å². The summed E-state index contributed by atoms with van der Waals surface area (Å²) < 4.78 is 5.53. The molecule has 170 valence electrons. The van der Waals surface area contributed by atoms with Crippen molar-refractivity contribution in [3.8, 4) is 0 Å². The van der Waals surface area contributed by atoms with Gasteiger partial charge in [-0.25, -0.2) is 4.79 Å². The number of benzene rings is 3. The van der Waals surface area contributed by atoms with Crippen LogP contribution in [0.5, 0.6) is 0 Å². The molecule has 1 aliphatic rings. The summed E-state index contributed by atoms with van der Waals surface area (Å²) in [6, 6.07) is 24.4. The molecule has 0 aliphatic carbocycles. The summed E-state index contributed by atoms with van der Waals surface area (Å²) in [6.45, 7) is 1.91. The van der Waals surface area contributed by atoms with E-state index in [-0.39, 0.29) is 12.4 Å². The average molecular weight is 471 g/mol. The maximum absolute atomic E-state index is 13.3. The summed E-state index contributed by atoms with van der Waals surface area (Å²) in [5.41, 5.74) is 4.73. The molecule has 6 heteroatoms. The Balaban J connectivity index is 1.42. The molecular weight excluding hydrogens is 448 g/mol. The number of Topliss-reactive ketones (excluding diaryl/α,β-unsaturated/α-hetero) is 1. The maximum atomic E-state index is 13.3. The zero-order valence-electron chi connectivity index (χ0n) is 18.5. The second kappa shape index (κ2) is 9.75. The Kier molecular flexibility index (Phi) is 6.39. The van der Waals surface area contributed by atoms with Gasteiger partial charge in [0.25, 0.3) is 0 Å². The third-order valence-corrected chi connectivity index (χ3v) is 6.33. The van der Waals surface area contributed by atoms with Crippen molar-refractivity contribution in [2.45, 2.75) is 19.5 Å². The lowest BCUT2D eigenvalue weighted by atomic mass is 9.95. The van der Waals surface area contributed by atoms with Gasteiger partial charge < -0.3 is 4.74 Å². The number of hydrogen-bond acceptors (Lipinski definition) is 5. The molecule has 0 saturated carbocycles. The number of rotatable bonds is 6. The van der Waals surface area contributed by atoms with Crippen molar-refractivity contribution in [1.82, 2.24) is 9.88 Å². The van der Waals surface area contributed by atoms with E-state index >= 15 is 0 Å². The summed E-state index contributed by atoms with van der Waals surface area (Å²) in [4.78, 5) is 33.0.